The minimum atomic E-state index is -0.647. The molecule has 0 radical (unpaired) electrons. The first-order valence-electron chi connectivity index (χ1n) is 10.3. The van der Waals surface area contributed by atoms with E-state index < -0.39 is 16.8 Å². The average Bonchev–Trinajstić information content (AvgIpc) is 3.28. The lowest BCUT2D eigenvalue weighted by molar-refractivity contribution is -0.384. The number of ketones is 1. The third kappa shape index (κ3) is 5.12. The summed E-state index contributed by atoms with van der Waals surface area (Å²) in [5.74, 6) is -0.257. The van der Waals surface area contributed by atoms with E-state index >= 15 is 0 Å². The van der Waals surface area contributed by atoms with E-state index in [2.05, 4.69) is 10.2 Å². The summed E-state index contributed by atoms with van der Waals surface area (Å²) in [6.45, 7) is 1.73. The molecule has 4 aromatic rings. The fourth-order valence-electron chi connectivity index (χ4n) is 3.25. The maximum atomic E-state index is 14.1. The molecule has 0 saturated heterocycles. The lowest BCUT2D eigenvalue weighted by Crippen LogP contribution is -2.12. The van der Waals surface area contributed by atoms with Gasteiger partial charge in [-0.1, -0.05) is 54.2 Å². The van der Waals surface area contributed by atoms with Crippen LogP contribution in [0, 0.1) is 15.9 Å². The van der Waals surface area contributed by atoms with Crippen LogP contribution in [0.2, 0.25) is 0 Å². The van der Waals surface area contributed by atoms with Crippen molar-refractivity contribution in [2.24, 2.45) is 0 Å². The van der Waals surface area contributed by atoms with Crippen LogP contribution in [0.3, 0.4) is 0 Å². The number of nitro benzene ring substituents is 1. The molecule has 8 nitrogen and oxygen atoms in total. The number of nitrogens with zero attached hydrogens (tertiary/aromatic N) is 4. The zero-order valence-corrected chi connectivity index (χ0v) is 18.8. The molecule has 1 unspecified atom stereocenters. The molecule has 10 heteroatoms. The molecule has 3 aromatic carbocycles. The largest absolute Gasteiger partial charge is 0.480 e. The lowest BCUT2D eigenvalue weighted by Gasteiger charge is -2.17. The van der Waals surface area contributed by atoms with Crippen molar-refractivity contribution >= 4 is 23.2 Å². The number of benzene rings is 3. The van der Waals surface area contributed by atoms with Crippen LogP contribution in [0.25, 0.3) is 5.69 Å². The second-order valence-corrected chi connectivity index (χ2v) is 8.16. The molecule has 0 N–H and O–H groups in total. The summed E-state index contributed by atoms with van der Waals surface area (Å²) in [5.41, 5.74) is 0.838. The Balaban J connectivity index is 1.60. The molecule has 1 heterocycles. The third-order valence-electron chi connectivity index (χ3n) is 4.89. The highest BCUT2D eigenvalue weighted by Gasteiger charge is 2.23. The van der Waals surface area contributed by atoms with Gasteiger partial charge in [0.05, 0.1) is 10.7 Å². The molecule has 0 aliphatic carbocycles. The Kier molecular flexibility index (Phi) is 6.98. The van der Waals surface area contributed by atoms with E-state index in [0.717, 1.165) is 17.4 Å². The van der Waals surface area contributed by atoms with Crippen LogP contribution in [0.4, 0.5) is 10.1 Å². The zero-order valence-electron chi connectivity index (χ0n) is 18.0. The minimum absolute atomic E-state index is 0.00527. The topological polar surface area (TPSA) is 100 Å². The van der Waals surface area contributed by atoms with Gasteiger partial charge in [-0.15, -0.1) is 10.2 Å². The van der Waals surface area contributed by atoms with Crippen LogP contribution in [0.1, 0.15) is 29.2 Å². The van der Waals surface area contributed by atoms with E-state index in [0.29, 0.717) is 11.0 Å². The van der Waals surface area contributed by atoms with Gasteiger partial charge in [-0.2, -0.15) is 0 Å². The molecule has 0 saturated carbocycles. The molecular formula is C24H19FN4O4S. The Morgan fingerprint density at radius 2 is 1.82 bits per heavy atom. The van der Waals surface area contributed by atoms with Crippen molar-refractivity contribution in [1.82, 2.24) is 14.8 Å². The summed E-state index contributed by atoms with van der Waals surface area (Å²) in [5, 5.41) is 19.9. The fourth-order valence-corrected chi connectivity index (χ4v) is 4.10. The number of para-hydroxylation sites is 2. The molecule has 0 amide bonds. The van der Waals surface area contributed by atoms with Crippen LogP contribution >= 0.6 is 11.8 Å². The standard InChI is InChI=1S/C24H19FN4O4S/c1-16(33-22-13-6-5-12-20(22)25)23-26-27-24(28(23)18-9-3-2-4-10-18)34-15-21(30)17-8-7-11-19(14-17)29(31)32/h2-14,16H,15H2,1H3. The first-order chi connectivity index (χ1) is 16.4. The van der Waals surface area contributed by atoms with Crippen molar-refractivity contribution in [2.45, 2.75) is 18.2 Å². The van der Waals surface area contributed by atoms with Crippen molar-refractivity contribution in [1.29, 1.82) is 0 Å². The summed E-state index contributed by atoms with van der Waals surface area (Å²) in [4.78, 5) is 23.2. The lowest BCUT2D eigenvalue weighted by atomic mass is 10.1. The van der Waals surface area contributed by atoms with Gasteiger partial charge in [0.15, 0.2) is 34.4 Å². The Labute approximate surface area is 198 Å². The Bertz CT molecular complexity index is 1330. The Morgan fingerprint density at radius 1 is 1.09 bits per heavy atom. The average molecular weight is 479 g/mol. The van der Waals surface area contributed by atoms with Crippen molar-refractivity contribution in [2.75, 3.05) is 5.75 Å². The van der Waals surface area contributed by atoms with Crippen LogP contribution in [-0.2, 0) is 0 Å². The predicted octanol–water partition coefficient (Wildman–Crippen LogP) is 5.43. The minimum Gasteiger partial charge on any atom is -0.480 e. The molecule has 0 aliphatic rings. The second-order valence-electron chi connectivity index (χ2n) is 7.22. The molecule has 4 rings (SSSR count). The third-order valence-corrected chi connectivity index (χ3v) is 5.82. The zero-order chi connectivity index (χ0) is 24.1. The van der Waals surface area contributed by atoms with Gasteiger partial charge in [0.2, 0.25) is 0 Å². The maximum absolute atomic E-state index is 14.1. The van der Waals surface area contributed by atoms with E-state index in [1.807, 2.05) is 30.3 Å². The molecule has 172 valence electrons. The number of aromatic nitrogens is 3. The second kappa shape index (κ2) is 10.3. The van der Waals surface area contributed by atoms with Gasteiger partial charge >= 0.3 is 0 Å². The van der Waals surface area contributed by atoms with Crippen molar-refractivity contribution in [3.63, 3.8) is 0 Å². The van der Waals surface area contributed by atoms with E-state index in [9.17, 15) is 19.3 Å². The Morgan fingerprint density at radius 3 is 2.56 bits per heavy atom. The predicted molar refractivity (Wildman–Crippen MR) is 125 cm³/mol. The first-order valence-corrected chi connectivity index (χ1v) is 11.2. The molecule has 34 heavy (non-hydrogen) atoms. The number of carbonyl (C=O) groups excluding carboxylic acids is 1. The number of halogens is 1. The van der Waals surface area contributed by atoms with Crippen LogP contribution < -0.4 is 4.74 Å². The highest BCUT2D eigenvalue weighted by atomic mass is 32.2. The molecule has 0 fully saturated rings. The van der Waals surface area contributed by atoms with E-state index in [1.165, 1.54) is 36.4 Å². The van der Waals surface area contributed by atoms with Gasteiger partial charge in [0, 0.05) is 23.4 Å². The monoisotopic (exact) mass is 478 g/mol. The van der Waals surface area contributed by atoms with Gasteiger partial charge in [-0.05, 0) is 31.2 Å². The van der Waals surface area contributed by atoms with E-state index in [1.54, 1.807) is 23.6 Å². The van der Waals surface area contributed by atoms with Gasteiger partial charge in [0.25, 0.3) is 5.69 Å². The van der Waals surface area contributed by atoms with Crippen LogP contribution in [-0.4, -0.2) is 31.2 Å². The molecule has 0 bridgehead atoms. The summed E-state index contributed by atoms with van der Waals surface area (Å²) < 4.78 is 21.6. The number of thioether (sulfide) groups is 1. The summed E-state index contributed by atoms with van der Waals surface area (Å²) in [6, 6.07) is 21.0. The number of carbonyl (C=O) groups is 1. The normalized spacial score (nSPS) is 11.7. The van der Waals surface area contributed by atoms with Crippen LogP contribution in [0.5, 0.6) is 5.75 Å². The number of non-ortho nitro benzene ring substituents is 1. The molecule has 1 aromatic heterocycles. The van der Waals surface area contributed by atoms with Crippen molar-refractivity contribution < 1.29 is 18.8 Å². The van der Waals surface area contributed by atoms with Gasteiger partial charge in [0.1, 0.15) is 0 Å². The number of hydrogen-bond donors (Lipinski definition) is 0. The number of nitro groups is 1. The summed E-state index contributed by atoms with van der Waals surface area (Å²) in [6.07, 6.45) is -0.647. The number of hydrogen-bond acceptors (Lipinski definition) is 7. The number of ether oxygens (including phenoxy) is 1. The highest BCUT2D eigenvalue weighted by molar-refractivity contribution is 7.99. The van der Waals surface area contributed by atoms with E-state index in [-0.39, 0.29) is 28.5 Å². The highest BCUT2D eigenvalue weighted by Crippen LogP contribution is 2.29. The summed E-state index contributed by atoms with van der Waals surface area (Å²) in [7, 11) is 0. The molecule has 1 atom stereocenters. The smallest absolute Gasteiger partial charge is 0.270 e. The maximum Gasteiger partial charge on any atom is 0.270 e. The van der Waals surface area contributed by atoms with Gasteiger partial charge in [-0.25, -0.2) is 4.39 Å². The number of Topliss-reactive ketones (excluding diaryl/α,β-unsaturated/α-hetero) is 1. The van der Waals surface area contributed by atoms with Gasteiger partial charge < -0.3 is 4.74 Å². The van der Waals surface area contributed by atoms with Gasteiger partial charge in [-0.3, -0.25) is 19.5 Å². The van der Waals surface area contributed by atoms with Crippen molar-refractivity contribution in [3.05, 3.63) is 106 Å². The van der Waals surface area contributed by atoms with Crippen molar-refractivity contribution in [3.8, 4) is 11.4 Å². The van der Waals surface area contributed by atoms with Crippen LogP contribution in [0.15, 0.2) is 84.0 Å². The summed E-state index contributed by atoms with van der Waals surface area (Å²) >= 11 is 1.15. The fraction of sp³-hybridized carbons (Fsp3) is 0.125. The molecule has 0 aliphatic heterocycles. The first kappa shape index (κ1) is 23.1. The molecule has 0 spiro atoms. The SMILES string of the molecule is CC(Oc1ccccc1F)c1nnc(SCC(=O)c2cccc([N+](=O)[O-])c2)n1-c1ccccc1. The Hall–Kier alpha value is -4.05. The quantitative estimate of drug-likeness (QED) is 0.137. The van der Waals surface area contributed by atoms with E-state index in [4.69, 9.17) is 4.74 Å². The molecular weight excluding hydrogens is 459 g/mol. The number of rotatable bonds is 9.